The molecule has 0 radical (unpaired) electrons. The third-order valence-electron chi connectivity index (χ3n) is 1.83. The zero-order chi connectivity index (χ0) is 13.4. The molecule has 1 aromatic rings. The highest BCUT2D eigenvalue weighted by Crippen LogP contribution is 2.17. The van der Waals surface area contributed by atoms with E-state index in [1.54, 1.807) is 6.07 Å². The molecule has 94 valence electrons. The van der Waals surface area contributed by atoms with Crippen molar-refractivity contribution in [2.24, 2.45) is 0 Å². The number of carboxylic acids is 1. The second kappa shape index (κ2) is 7.68. The van der Waals surface area contributed by atoms with Crippen molar-refractivity contribution in [3.63, 3.8) is 0 Å². The number of benzene rings is 1. The lowest BCUT2D eigenvalue weighted by atomic mass is 10.1. The Labute approximate surface area is 106 Å². The van der Waals surface area contributed by atoms with Gasteiger partial charge in [0.1, 0.15) is 0 Å². The third kappa shape index (κ3) is 5.36. The van der Waals surface area contributed by atoms with Crippen LogP contribution in [0.15, 0.2) is 18.2 Å². The minimum absolute atomic E-state index is 0.131. The Kier molecular flexibility index (Phi) is 6.98. The van der Waals surface area contributed by atoms with Crippen molar-refractivity contribution in [2.75, 3.05) is 0 Å². The zero-order valence-electron chi connectivity index (χ0n) is 10.1. The van der Waals surface area contributed by atoms with E-state index in [1.807, 2.05) is 13.8 Å². The number of aromatic carboxylic acids is 1. The van der Waals surface area contributed by atoms with Crippen LogP contribution in [-0.4, -0.2) is 17.0 Å². The lowest BCUT2D eigenvalue weighted by molar-refractivity contribution is -0.119. The molecule has 0 fully saturated rings. The lowest BCUT2D eigenvalue weighted by Gasteiger charge is -2.05. The Balaban J connectivity index is 0.00000121. The van der Waals surface area contributed by atoms with Crippen molar-refractivity contribution in [1.82, 2.24) is 5.32 Å². The van der Waals surface area contributed by atoms with Gasteiger partial charge in [-0.1, -0.05) is 31.5 Å². The maximum absolute atomic E-state index is 10.7. The van der Waals surface area contributed by atoms with E-state index in [1.165, 1.54) is 19.1 Å². The van der Waals surface area contributed by atoms with Gasteiger partial charge in [0, 0.05) is 18.5 Å². The first-order valence-electron chi connectivity index (χ1n) is 5.27. The fourth-order valence-corrected chi connectivity index (χ4v) is 1.29. The number of rotatable bonds is 3. The largest absolute Gasteiger partial charge is 0.478 e. The summed E-state index contributed by atoms with van der Waals surface area (Å²) < 4.78 is 0. The molecule has 1 rings (SSSR count). The van der Waals surface area contributed by atoms with Crippen LogP contribution in [0.3, 0.4) is 0 Å². The van der Waals surface area contributed by atoms with Crippen molar-refractivity contribution in [1.29, 1.82) is 0 Å². The van der Waals surface area contributed by atoms with Gasteiger partial charge in [-0.2, -0.15) is 0 Å². The van der Waals surface area contributed by atoms with Crippen molar-refractivity contribution in [3.05, 3.63) is 34.3 Å². The molecule has 0 spiro atoms. The summed E-state index contributed by atoms with van der Waals surface area (Å²) in [4.78, 5) is 21.3. The van der Waals surface area contributed by atoms with Crippen LogP contribution in [0.2, 0.25) is 5.02 Å². The van der Waals surface area contributed by atoms with E-state index in [9.17, 15) is 9.59 Å². The van der Waals surface area contributed by atoms with Gasteiger partial charge < -0.3 is 10.4 Å². The molecule has 1 amide bonds. The number of nitrogens with one attached hydrogen (secondary N) is 1. The standard InChI is InChI=1S/C10H10ClNO3.C2H6/c1-6(13)12-5-8-3-2-7(10(14)15)4-9(8)11;1-2/h2-4H,5H2,1H3,(H,12,13)(H,14,15);1-2H3. The average Bonchev–Trinajstić information content (AvgIpc) is 2.29. The van der Waals surface area contributed by atoms with Crippen LogP contribution < -0.4 is 5.32 Å². The van der Waals surface area contributed by atoms with Gasteiger partial charge >= 0.3 is 5.97 Å². The highest BCUT2D eigenvalue weighted by Gasteiger charge is 2.06. The molecule has 2 N–H and O–H groups in total. The SMILES string of the molecule is CC.CC(=O)NCc1ccc(C(=O)O)cc1Cl. The highest BCUT2D eigenvalue weighted by atomic mass is 35.5. The Morgan fingerprint density at radius 3 is 2.35 bits per heavy atom. The first kappa shape index (κ1) is 15.4. The molecule has 0 unspecified atom stereocenters. The number of hydrogen-bond acceptors (Lipinski definition) is 2. The molecule has 4 nitrogen and oxygen atoms in total. The molecule has 0 saturated heterocycles. The Morgan fingerprint density at radius 2 is 1.94 bits per heavy atom. The van der Waals surface area contributed by atoms with E-state index in [0.29, 0.717) is 17.1 Å². The number of carbonyl (C=O) groups excluding carboxylic acids is 1. The van der Waals surface area contributed by atoms with Crippen LogP contribution in [0, 0.1) is 0 Å². The summed E-state index contributed by atoms with van der Waals surface area (Å²) >= 11 is 5.84. The predicted molar refractivity (Wildman–Crippen MR) is 67.3 cm³/mol. The molecule has 0 atom stereocenters. The summed E-state index contributed by atoms with van der Waals surface area (Å²) in [5.41, 5.74) is 0.823. The van der Waals surface area contributed by atoms with Gasteiger partial charge in [-0.3, -0.25) is 4.79 Å². The fourth-order valence-electron chi connectivity index (χ4n) is 1.04. The fraction of sp³-hybridized carbons (Fsp3) is 0.333. The molecule has 0 aromatic heterocycles. The molecule has 0 aliphatic carbocycles. The normalized spacial score (nSPS) is 8.94. The van der Waals surface area contributed by atoms with Crippen LogP contribution in [-0.2, 0) is 11.3 Å². The van der Waals surface area contributed by atoms with E-state index in [0.717, 1.165) is 0 Å². The number of carboxylic acid groups (broad SMARTS) is 1. The summed E-state index contributed by atoms with van der Waals surface area (Å²) in [7, 11) is 0. The number of carbonyl (C=O) groups is 2. The molecular formula is C12H16ClNO3. The van der Waals surface area contributed by atoms with Gasteiger partial charge in [-0.15, -0.1) is 0 Å². The summed E-state index contributed by atoms with van der Waals surface area (Å²) in [6.45, 7) is 5.70. The van der Waals surface area contributed by atoms with Crippen LogP contribution in [0.1, 0.15) is 36.7 Å². The Hall–Kier alpha value is -1.55. The van der Waals surface area contributed by atoms with E-state index >= 15 is 0 Å². The minimum Gasteiger partial charge on any atom is -0.478 e. The quantitative estimate of drug-likeness (QED) is 0.875. The summed E-state index contributed by atoms with van der Waals surface area (Å²) in [5, 5.41) is 11.6. The Morgan fingerprint density at radius 1 is 1.35 bits per heavy atom. The summed E-state index contributed by atoms with van der Waals surface area (Å²) in [5.74, 6) is -1.18. The van der Waals surface area contributed by atoms with Crippen LogP contribution in [0.4, 0.5) is 0 Å². The smallest absolute Gasteiger partial charge is 0.335 e. The molecule has 0 saturated carbocycles. The molecule has 1 aromatic carbocycles. The first-order valence-corrected chi connectivity index (χ1v) is 5.64. The second-order valence-electron chi connectivity index (χ2n) is 3.02. The van der Waals surface area contributed by atoms with E-state index in [2.05, 4.69) is 5.32 Å². The van der Waals surface area contributed by atoms with Crippen LogP contribution in [0.25, 0.3) is 0 Å². The lowest BCUT2D eigenvalue weighted by Crippen LogP contribution is -2.19. The number of hydrogen-bond donors (Lipinski definition) is 2. The van der Waals surface area contributed by atoms with Crippen molar-refractivity contribution in [2.45, 2.75) is 27.3 Å². The van der Waals surface area contributed by atoms with E-state index in [-0.39, 0.29) is 11.5 Å². The molecular weight excluding hydrogens is 242 g/mol. The second-order valence-corrected chi connectivity index (χ2v) is 3.43. The van der Waals surface area contributed by atoms with Gasteiger partial charge in [0.25, 0.3) is 0 Å². The Bertz CT molecular complexity index is 405. The minimum atomic E-state index is -1.03. The van der Waals surface area contributed by atoms with Crippen molar-refractivity contribution in [3.8, 4) is 0 Å². The maximum Gasteiger partial charge on any atom is 0.335 e. The van der Waals surface area contributed by atoms with Gasteiger partial charge in [0.15, 0.2) is 0 Å². The molecule has 0 aliphatic heterocycles. The maximum atomic E-state index is 10.7. The van der Waals surface area contributed by atoms with Crippen LogP contribution >= 0.6 is 11.6 Å². The zero-order valence-corrected chi connectivity index (χ0v) is 10.8. The van der Waals surface area contributed by atoms with E-state index < -0.39 is 5.97 Å². The predicted octanol–water partition coefficient (Wildman–Crippen LogP) is 2.70. The topological polar surface area (TPSA) is 66.4 Å². The van der Waals surface area contributed by atoms with Gasteiger partial charge in [0.05, 0.1) is 5.56 Å². The highest BCUT2D eigenvalue weighted by molar-refractivity contribution is 6.31. The number of halogens is 1. The van der Waals surface area contributed by atoms with Crippen LogP contribution in [0.5, 0.6) is 0 Å². The van der Waals surface area contributed by atoms with Crippen molar-refractivity contribution < 1.29 is 14.7 Å². The molecule has 0 aliphatic rings. The summed E-state index contributed by atoms with van der Waals surface area (Å²) in [6, 6.07) is 4.40. The monoisotopic (exact) mass is 257 g/mol. The molecule has 0 heterocycles. The van der Waals surface area contributed by atoms with Gasteiger partial charge in [0.2, 0.25) is 5.91 Å². The van der Waals surface area contributed by atoms with Gasteiger partial charge in [-0.25, -0.2) is 4.79 Å². The molecule has 17 heavy (non-hydrogen) atoms. The van der Waals surface area contributed by atoms with E-state index in [4.69, 9.17) is 16.7 Å². The number of amides is 1. The average molecular weight is 258 g/mol. The summed E-state index contributed by atoms with van der Waals surface area (Å²) in [6.07, 6.45) is 0. The van der Waals surface area contributed by atoms with Crippen molar-refractivity contribution >= 4 is 23.5 Å². The first-order chi connectivity index (χ1) is 8.00. The molecule has 5 heteroatoms. The third-order valence-corrected chi connectivity index (χ3v) is 2.18. The molecule has 0 bridgehead atoms. The van der Waals surface area contributed by atoms with Gasteiger partial charge in [-0.05, 0) is 17.7 Å².